The van der Waals surface area contributed by atoms with Crippen molar-refractivity contribution in [2.45, 2.75) is 52.1 Å². The summed E-state index contributed by atoms with van der Waals surface area (Å²) in [6.07, 6.45) is 1.01. The maximum Gasteiger partial charge on any atom is 0.416 e. The summed E-state index contributed by atoms with van der Waals surface area (Å²) in [5, 5.41) is 14.7. The molecular weight excluding hydrogens is 461 g/mol. The first kappa shape index (κ1) is 23.8. The van der Waals surface area contributed by atoms with E-state index in [1.807, 2.05) is 24.5 Å². The Hall–Kier alpha value is -3.38. The summed E-state index contributed by atoms with van der Waals surface area (Å²) in [6, 6.07) is 9.00. The molecule has 1 aromatic carbocycles. The minimum absolute atomic E-state index is 0.216. The fraction of sp³-hybridized carbons (Fsp3) is 0.320. The van der Waals surface area contributed by atoms with E-state index in [-0.39, 0.29) is 12.0 Å². The Kier molecular flexibility index (Phi) is 6.62. The van der Waals surface area contributed by atoms with Crippen LogP contribution in [-0.2, 0) is 30.2 Å². The van der Waals surface area contributed by atoms with Crippen molar-refractivity contribution in [1.29, 1.82) is 5.26 Å². The largest absolute Gasteiger partial charge is 0.416 e. The number of thiophene rings is 1. The highest BCUT2D eigenvalue weighted by molar-refractivity contribution is 7.15. The molecule has 3 aromatic rings. The molecule has 0 radical (unpaired) electrons. The smallest absolute Gasteiger partial charge is 0.308 e. The average Bonchev–Trinajstić information content (AvgIpc) is 3.29. The summed E-state index contributed by atoms with van der Waals surface area (Å²) in [7, 11) is 0. The van der Waals surface area contributed by atoms with E-state index < -0.39 is 17.6 Å². The fourth-order valence-electron chi connectivity index (χ4n) is 4.31. The van der Waals surface area contributed by atoms with Crippen molar-refractivity contribution in [3.63, 3.8) is 0 Å². The Morgan fingerprint density at radius 3 is 2.76 bits per heavy atom. The molecule has 5 nitrogen and oxygen atoms in total. The molecule has 9 heteroatoms. The Bertz CT molecular complexity index is 1310. The molecule has 0 spiro atoms. The molecule has 2 heterocycles. The Morgan fingerprint density at radius 1 is 1.26 bits per heavy atom. The monoisotopic (exact) mass is 484 g/mol. The molecule has 176 valence electrons. The van der Waals surface area contributed by atoms with E-state index in [2.05, 4.69) is 16.6 Å². The van der Waals surface area contributed by atoms with Crippen molar-refractivity contribution in [2.24, 2.45) is 5.10 Å². The van der Waals surface area contributed by atoms with E-state index in [9.17, 15) is 23.2 Å². The van der Waals surface area contributed by atoms with Crippen molar-refractivity contribution in [3.05, 3.63) is 74.4 Å². The summed E-state index contributed by atoms with van der Waals surface area (Å²) < 4.78 is 40.6. The van der Waals surface area contributed by atoms with E-state index in [1.165, 1.54) is 28.8 Å². The molecule has 1 amide bonds. The Morgan fingerprint density at radius 2 is 2.03 bits per heavy atom. The second kappa shape index (κ2) is 9.47. The molecule has 1 aliphatic carbocycles. The van der Waals surface area contributed by atoms with Crippen LogP contribution in [0, 0.1) is 25.2 Å². The van der Waals surface area contributed by atoms with E-state index in [0.717, 1.165) is 65.3 Å². The zero-order valence-electron chi connectivity index (χ0n) is 18.8. The number of fused-ring (bicyclic) bond motifs is 1. The lowest BCUT2D eigenvalue weighted by atomic mass is 9.96. The number of carbonyl (C=O) groups is 1. The quantitative estimate of drug-likeness (QED) is 0.377. The van der Waals surface area contributed by atoms with Crippen molar-refractivity contribution in [2.75, 3.05) is 0 Å². The SMILES string of the molecule is Cc1cc(/C=N/NC(=O)Cc2cccc(C(F)(F)F)c2)c(C)n1-c1sc2c(c1C#N)CCCC2. The van der Waals surface area contributed by atoms with Crippen molar-refractivity contribution < 1.29 is 18.0 Å². The van der Waals surface area contributed by atoms with Gasteiger partial charge in [-0.2, -0.15) is 23.5 Å². The molecule has 0 saturated heterocycles. The maximum absolute atomic E-state index is 12.9. The molecule has 0 unspecified atom stereocenters. The highest BCUT2D eigenvalue weighted by Crippen LogP contribution is 2.38. The van der Waals surface area contributed by atoms with E-state index >= 15 is 0 Å². The average molecular weight is 485 g/mol. The van der Waals surface area contributed by atoms with Gasteiger partial charge in [-0.25, -0.2) is 5.43 Å². The molecule has 0 saturated carbocycles. The first-order chi connectivity index (χ1) is 16.2. The number of halogens is 3. The lowest BCUT2D eigenvalue weighted by Crippen LogP contribution is -2.20. The van der Waals surface area contributed by atoms with Gasteiger partial charge in [0.2, 0.25) is 5.91 Å². The van der Waals surface area contributed by atoms with E-state index in [1.54, 1.807) is 11.3 Å². The minimum atomic E-state index is -4.46. The topological polar surface area (TPSA) is 70.2 Å². The van der Waals surface area contributed by atoms with Crippen LogP contribution in [0.25, 0.3) is 5.00 Å². The van der Waals surface area contributed by atoms with Crippen LogP contribution in [0.1, 0.15) is 56.9 Å². The first-order valence-corrected chi connectivity index (χ1v) is 11.7. The van der Waals surface area contributed by atoms with Crippen molar-refractivity contribution in [1.82, 2.24) is 9.99 Å². The zero-order valence-corrected chi connectivity index (χ0v) is 19.6. The molecule has 0 atom stereocenters. The maximum atomic E-state index is 12.9. The van der Waals surface area contributed by atoms with Crippen LogP contribution in [0.5, 0.6) is 0 Å². The van der Waals surface area contributed by atoms with Gasteiger partial charge in [-0.3, -0.25) is 4.79 Å². The van der Waals surface area contributed by atoms with Gasteiger partial charge in [0.25, 0.3) is 0 Å². The predicted molar refractivity (Wildman–Crippen MR) is 125 cm³/mol. The van der Waals surface area contributed by atoms with Gasteiger partial charge in [-0.05, 0) is 62.8 Å². The van der Waals surface area contributed by atoms with Crippen LogP contribution in [0.4, 0.5) is 13.2 Å². The summed E-state index contributed by atoms with van der Waals surface area (Å²) in [5.74, 6) is -0.512. The molecule has 2 aromatic heterocycles. The normalized spacial score (nSPS) is 13.6. The zero-order chi connectivity index (χ0) is 24.5. The highest BCUT2D eigenvalue weighted by atomic mass is 32.1. The number of hydrogen-bond donors (Lipinski definition) is 1. The molecule has 34 heavy (non-hydrogen) atoms. The summed E-state index contributed by atoms with van der Waals surface area (Å²) in [5.41, 5.74) is 6.38. The predicted octanol–water partition coefficient (Wildman–Crippen LogP) is 5.62. The number of alkyl halides is 3. The Labute approximate surface area is 199 Å². The molecule has 0 bridgehead atoms. The third-order valence-corrected chi connectivity index (χ3v) is 7.23. The van der Waals surface area contributed by atoms with E-state index in [0.29, 0.717) is 0 Å². The number of aryl methyl sites for hydroxylation is 2. The number of nitrogens with one attached hydrogen (secondary N) is 1. The molecule has 1 aliphatic rings. The van der Waals surface area contributed by atoms with Crippen molar-refractivity contribution in [3.8, 4) is 11.1 Å². The van der Waals surface area contributed by atoms with Gasteiger partial charge in [0, 0.05) is 21.8 Å². The summed E-state index contributed by atoms with van der Waals surface area (Å²) in [6.45, 7) is 3.88. The van der Waals surface area contributed by atoms with Gasteiger partial charge >= 0.3 is 6.18 Å². The number of nitrogens with zero attached hydrogens (tertiary/aromatic N) is 3. The summed E-state index contributed by atoms with van der Waals surface area (Å²) >= 11 is 1.66. The minimum Gasteiger partial charge on any atom is -0.308 e. The highest BCUT2D eigenvalue weighted by Gasteiger charge is 2.30. The van der Waals surface area contributed by atoms with Crippen LogP contribution in [0.15, 0.2) is 35.4 Å². The number of nitriles is 1. The number of hydrazone groups is 1. The lowest BCUT2D eigenvalue weighted by molar-refractivity contribution is -0.137. The third-order valence-electron chi connectivity index (χ3n) is 5.95. The lowest BCUT2D eigenvalue weighted by Gasteiger charge is -2.10. The summed E-state index contributed by atoms with van der Waals surface area (Å²) in [4.78, 5) is 13.5. The number of aromatic nitrogens is 1. The van der Waals surface area contributed by atoms with Gasteiger partial charge in [0.05, 0.1) is 23.8 Å². The molecule has 0 fully saturated rings. The van der Waals surface area contributed by atoms with Crippen LogP contribution >= 0.6 is 11.3 Å². The van der Waals surface area contributed by atoms with Gasteiger partial charge in [0.15, 0.2) is 0 Å². The molecule has 0 aliphatic heterocycles. The molecule has 1 N–H and O–H groups in total. The van der Waals surface area contributed by atoms with Gasteiger partial charge < -0.3 is 4.57 Å². The first-order valence-electron chi connectivity index (χ1n) is 10.9. The van der Waals surface area contributed by atoms with Gasteiger partial charge in [-0.15, -0.1) is 11.3 Å². The number of carbonyl (C=O) groups excluding carboxylic acids is 1. The number of rotatable bonds is 5. The third kappa shape index (κ3) is 4.77. The second-order valence-corrected chi connectivity index (χ2v) is 9.42. The van der Waals surface area contributed by atoms with Gasteiger partial charge in [-0.1, -0.05) is 18.2 Å². The Balaban J connectivity index is 1.50. The van der Waals surface area contributed by atoms with Crippen LogP contribution in [0.2, 0.25) is 0 Å². The standard InChI is InChI=1S/C25H23F3N4OS/c1-15-10-18(14-30-31-23(33)12-17-6-5-7-19(11-17)25(26,27)28)16(2)32(15)24-21(13-29)20-8-3-4-9-22(20)34-24/h5-7,10-11,14H,3-4,8-9,12H2,1-2H3,(H,31,33)/b30-14+. The van der Waals surface area contributed by atoms with Gasteiger partial charge in [0.1, 0.15) is 11.1 Å². The molecule has 4 rings (SSSR count). The van der Waals surface area contributed by atoms with Crippen LogP contribution in [0.3, 0.4) is 0 Å². The molecular formula is C25H23F3N4OS. The van der Waals surface area contributed by atoms with Crippen LogP contribution in [-0.4, -0.2) is 16.7 Å². The number of amides is 1. The van der Waals surface area contributed by atoms with E-state index in [4.69, 9.17) is 0 Å². The van der Waals surface area contributed by atoms with Crippen LogP contribution < -0.4 is 5.43 Å². The number of benzene rings is 1. The second-order valence-electron chi connectivity index (χ2n) is 8.33. The van der Waals surface area contributed by atoms with Crippen molar-refractivity contribution >= 4 is 23.5 Å². The number of hydrogen-bond acceptors (Lipinski definition) is 4. The fourth-order valence-corrected chi connectivity index (χ4v) is 5.76.